The van der Waals surface area contributed by atoms with Crippen LogP contribution in [0.5, 0.6) is 0 Å². The van der Waals surface area contributed by atoms with Gasteiger partial charge in [-0.05, 0) is 62.1 Å². The maximum absolute atomic E-state index is 3.74. The third-order valence-electron chi connectivity index (χ3n) is 3.80. The molecule has 0 radical (unpaired) electrons. The van der Waals surface area contributed by atoms with Crippen LogP contribution in [0.3, 0.4) is 0 Å². The van der Waals surface area contributed by atoms with Crippen molar-refractivity contribution < 1.29 is 0 Å². The van der Waals surface area contributed by atoms with Gasteiger partial charge in [0.05, 0.1) is 6.04 Å². The molecule has 0 aliphatic carbocycles. The van der Waals surface area contributed by atoms with E-state index in [9.17, 15) is 0 Å². The highest BCUT2D eigenvalue weighted by atomic mass is 79.9. The molecule has 1 N–H and O–H groups in total. The quantitative estimate of drug-likeness (QED) is 0.758. The summed E-state index contributed by atoms with van der Waals surface area (Å²) in [6.45, 7) is 9.69. The third kappa shape index (κ3) is 3.96. The molecule has 0 saturated heterocycles. The first-order valence-electron chi connectivity index (χ1n) is 7.59. The molecule has 0 aromatic heterocycles. The van der Waals surface area contributed by atoms with Crippen molar-refractivity contribution in [3.05, 3.63) is 68.7 Å². The van der Waals surface area contributed by atoms with Crippen LogP contribution < -0.4 is 5.32 Å². The summed E-state index contributed by atoms with van der Waals surface area (Å²) in [5.74, 6) is 0. The van der Waals surface area contributed by atoms with Gasteiger partial charge in [-0.1, -0.05) is 58.7 Å². The molecule has 21 heavy (non-hydrogen) atoms. The standard InChI is InChI=1S/C19H24BrN/c1-5-10-21-19(16-8-6-13(2)11-15(16)4)17-9-7-14(3)12-18(17)20/h6-9,11-12,19,21H,5,10H2,1-4H3. The molecular weight excluding hydrogens is 322 g/mol. The number of benzene rings is 2. The number of aryl methyl sites for hydroxylation is 3. The fraction of sp³-hybridized carbons (Fsp3) is 0.368. The number of hydrogen-bond donors (Lipinski definition) is 1. The molecule has 2 aromatic rings. The first-order valence-corrected chi connectivity index (χ1v) is 8.38. The van der Waals surface area contributed by atoms with Crippen LogP contribution in [0.25, 0.3) is 0 Å². The molecule has 1 nitrogen and oxygen atoms in total. The largest absolute Gasteiger partial charge is 0.306 e. The van der Waals surface area contributed by atoms with Crippen molar-refractivity contribution >= 4 is 15.9 Å². The molecule has 0 heterocycles. The summed E-state index contributed by atoms with van der Waals surface area (Å²) in [6, 6.07) is 13.6. The minimum Gasteiger partial charge on any atom is -0.306 e. The summed E-state index contributed by atoms with van der Waals surface area (Å²) >= 11 is 3.74. The van der Waals surface area contributed by atoms with Gasteiger partial charge in [-0.25, -0.2) is 0 Å². The Hall–Kier alpha value is -1.12. The van der Waals surface area contributed by atoms with E-state index in [-0.39, 0.29) is 6.04 Å². The topological polar surface area (TPSA) is 12.0 Å². The van der Waals surface area contributed by atoms with Gasteiger partial charge in [0.15, 0.2) is 0 Å². The molecule has 1 atom stereocenters. The molecule has 0 aliphatic rings. The van der Waals surface area contributed by atoms with Crippen LogP contribution in [0.15, 0.2) is 40.9 Å². The van der Waals surface area contributed by atoms with Crippen molar-refractivity contribution in [1.82, 2.24) is 5.32 Å². The molecule has 2 aromatic carbocycles. The Kier molecular flexibility index (Phi) is 5.60. The normalized spacial score (nSPS) is 12.4. The van der Waals surface area contributed by atoms with E-state index in [1.807, 2.05) is 0 Å². The van der Waals surface area contributed by atoms with E-state index in [4.69, 9.17) is 0 Å². The van der Waals surface area contributed by atoms with Crippen LogP contribution in [0.1, 0.15) is 47.2 Å². The summed E-state index contributed by atoms with van der Waals surface area (Å²) < 4.78 is 1.18. The van der Waals surface area contributed by atoms with Crippen LogP contribution in [0.2, 0.25) is 0 Å². The highest BCUT2D eigenvalue weighted by Gasteiger charge is 2.18. The second-order valence-corrected chi connectivity index (χ2v) is 6.63. The van der Waals surface area contributed by atoms with Gasteiger partial charge < -0.3 is 5.32 Å². The highest BCUT2D eigenvalue weighted by Crippen LogP contribution is 2.31. The van der Waals surface area contributed by atoms with Crippen molar-refractivity contribution in [3.8, 4) is 0 Å². The molecule has 1 unspecified atom stereocenters. The zero-order valence-corrected chi connectivity index (χ0v) is 14.9. The fourth-order valence-electron chi connectivity index (χ4n) is 2.69. The zero-order valence-electron chi connectivity index (χ0n) is 13.3. The fourth-order valence-corrected chi connectivity index (χ4v) is 3.41. The SMILES string of the molecule is CCCNC(c1ccc(C)cc1C)c1ccc(C)cc1Br. The van der Waals surface area contributed by atoms with E-state index in [2.05, 4.69) is 85.3 Å². The van der Waals surface area contributed by atoms with E-state index >= 15 is 0 Å². The lowest BCUT2D eigenvalue weighted by Gasteiger charge is -2.23. The Morgan fingerprint density at radius 3 is 2.14 bits per heavy atom. The van der Waals surface area contributed by atoms with E-state index in [1.54, 1.807) is 0 Å². The molecule has 2 heteroatoms. The summed E-state index contributed by atoms with van der Waals surface area (Å²) in [7, 11) is 0. The van der Waals surface area contributed by atoms with E-state index in [0.717, 1.165) is 13.0 Å². The molecule has 0 aliphatic heterocycles. The summed E-state index contributed by atoms with van der Waals surface area (Å²) in [6.07, 6.45) is 1.13. The lowest BCUT2D eigenvalue weighted by atomic mass is 9.93. The van der Waals surface area contributed by atoms with Gasteiger partial charge >= 0.3 is 0 Å². The van der Waals surface area contributed by atoms with Crippen molar-refractivity contribution in [1.29, 1.82) is 0 Å². The maximum atomic E-state index is 3.74. The molecule has 0 amide bonds. The van der Waals surface area contributed by atoms with E-state index < -0.39 is 0 Å². The monoisotopic (exact) mass is 345 g/mol. The number of nitrogens with one attached hydrogen (secondary N) is 1. The first kappa shape index (κ1) is 16.3. The predicted octanol–water partition coefficient (Wildman–Crippen LogP) is 5.46. The smallest absolute Gasteiger partial charge is 0.0590 e. The van der Waals surface area contributed by atoms with Crippen molar-refractivity contribution in [2.24, 2.45) is 0 Å². The van der Waals surface area contributed by atoms with Gasteiger partial charge in [0, 0.05) is 4.47 Å². The number of halogens is 1. The molecular formula is C19H24BrN. The molecule has 112 valence electrons. The van der Waals surface area contributed by atoms with Gasteiger partial charge in [-0.2, -0.15) is 0 Å². The van der Waals surface area contributed by atoms with Crippen molar-refractivity contribution in [2.75, 3.05) is 6.54 Å². The van der Waals surface area contributed by atoms with E-state index in [0.29, 0.717) is 0 Å². The van der Waals surface area contributed by atoms with Crippen LogP contribution in [0, 0.1) is 20.8 Å². The first-order chi connectivity index (χ1) is 10.0. The zero-order chi connectivity index (χ0) is 15.4. The highest BCUT2D eigenvalue weighted by molar-refractivity contribution is 9.10. The lowest BCUT2D eigenvalue weighted by molar-refractivity contribution is 0.594. The lowest BCUT2D eigenvalue weighted by Crippen LogP contribution is -2.24. The van der Waals surface area contributed by atoms with Crippen LogP contribution in [-0.4, -0.2) is 6.54 Å². The maximum Gasteiger partial charge on any atom is 0.0590 e. The van der Waals surface area contributed by atoms with Crippen LogP contribution >= 0.6 is 15.9 Å². The second-order valence-electron chi connectivity index (χ2n) is 5.77. The predicted molar refractivity (Wildman–Crippen MR) is 94.9 cm³/mol. The third-order valence-corrected chi connectivity index (χ3v) is 4.49. The molecule has 0 spiro atoms. The Morgan fingerprint density at radius 2 is 1.57 bits per heavy atom. The molecule has 2 rings (SSSR count). The van der Waals surface area contributed by atoms with Gasteiger partial charge in [0.25, 0.3) is 0 Å². The summed E-state index contributed by atoms with van der Waals surface area (Å²) in [5.41, 5.74) is 6.60. The Balaban J connectivity index is 2.46. The summed E-state index contributed by atoms with van der Waals surface area (Å²) in [4.78, 5) is 0. The van der Waals surface area contributed by atoms with Crippen LogP contribution in [-0.2, 0) is 0 Å². The Morgan fingerprint density at radius 1 is 0.952 bits per heavy atom. The molecule has 0 saturated carbocycles. The van der Waals surface area contributed by atoms with Gasteiger partial charge in [-0.15, -0.1) is 0 Å². The minimum absolute atomic E-state index is 0.237. The van der Waals surface area contributed by atoms with Gasteiger partial charge in [-0.3, -0.25) is 0 Å². The van der Waals surface area contributed by atoms with Gasteiger partial charge in [0.2, 0.25) is 0 Å². The summed E-state index contributed by atoms with van der Waals surface area (Å²) in [5, 5.41) is 3.69. The Bertz CT molecular complexity index is 567. The number of hydrogen-bond acceptors (Lipinski definition) is 1. The molecule has 0 bridgehead atoms. The van der Waals surface area contributed by atoms with E-state index in [1.165, 1.54) is 32.3 Å². The average Bonchev–Trinajstić information content (AvgIpc) is 2.42. The van der Waals surface area contributed by atoms with Crippen molar-refractivity contribution in [3.63, 3.8) is 0 Å². The average molecular weight is 346 g/mol. The number of rotatable bonds is 5. The minimum atomic E-state index is 0.237. The Labute approximate surface area is 136 Å². The second kappa shape index (κ2) is 7.24. The van der Waals surface area contributed by atoms with Crippen LogP contribution in [0.4, 0.5) is 0 Å². The molecule has 0 fully saturated rings. The van der Waals surface area contributed by atoms with Gasteiger partial charge in [0.1, 0.15) is 0 Å². The van der Waals surface area contributed by atoms with Crippen molar-refractivity contribution in [2.45, 2.75) is 40.2 Å².